The summed E-state index contributed by atoms with van der Waals surface area (Å²) in [6.07, 6.45) is 1.12. The Balaban J connectivity index is 2.06. The van der Waals surface area contributed by atoms with Gasteiger partial charge in [-0.3, -0.25) is 0 Å². The fourth-order valence-corrected chi connectivity index (χ4v) is 2.83. The van der Waals surface area contributed by atoms with Gasteiger partial charge in [-0.05, 0) is 60.7 Å². The lowest BCUT2D eigenvalue weighted by atomic mass is 9.99. The zero-order valence-corrected chi connectivity index (χ0v) is 15.4. The lowest BCUT2D eigenvalue weighted by Gasteiger charge is -2.11. The summed E-state index contributed by atoms with van der Waals surface area (Å²) in [5.41, 5.74) is 5.09. The lowest BCUT2D eigenvalue weighted by molar-refractivity contribution is 0.0664. The topological polar surface area (TPSA) is 72.2 Å². The predicted octanol–water partition coefficient (Wildman–Crippen LogP) is 4.34. The maximum Gasteiger partial charge on any atom is 0.342 e. The van der Waals surface area contributed by atoms with Crippen LogP contribution < -0.4 is 0 Å². The van der Waals surface area contributed by atoms with Crippen LogP contribution in [0.3, 0.4) is 0 Å². The molecule has 2 N–H and O–H groups in total. The first-order valence-corrected chi connectivity index (χ1v) is 8.46. The quantitative estimate of drug-likeness (QED) is 0.529. The van der Waals surface area contributed by atoms with E-state index in [9.17, 15) is 9.90 Å². The van der Waals surface area contributed by atoms with Crippen LogP contribution in [-0.2, 0) is 4.74 Å². The summed E-state index contributed by atoms with van der Waals surface area (Å²) in [7, 11) is 0. The van der Waals surface area contributed by atoms with Gasteiger partial charge in [-0.1, -0.05) is 26.5 Å². The summed E-state index contributed by atoms with van der Waals surface area (Å²) in [6.45, 7) is 11.5. The molecule has 0 radical (unpaired) electrons. The molecule has 0 amide bonds. The van der Waals surface area contributed by atoms with Crippen molar-refractivity contribution in [3.63, 3.8) is 0 Å². The van der Waals surface area contributed by atoms with E-state index in [2.05, 4.69) is 25.6 Å². The second-order valence-corrected chi connectivity index (χ2v) is 6.65. The number of carbonyl (C=O) groups is 1. The zero-order valence-electron chi connectivity index (χ0n) is 15.4. The van der Waals surface area contributed by atoms with Crippen LogP contribution in [0.15, 0.2) is 43.2 Å². The van der Waals surface area contributed by atoms with Crippen LogP contribution in [-0.4, -0.2) is 25.9 Å². The summed E-state index contributed by atoms with van der Waals surface area (Å²) in [5.74, 6) is -0.0116. The molecule has 0 saturated carbocycles. The summed E-state index contributed by atoms with van der Waals surface area (Å²) in [6, 6.07) is 9.09. The van der Waals surface area contributed by atoms with Gasteiger partial charge in [-0.2, -0.15) is 14.8 Å². The van der Waals surface area contributed by atoms with Crippen LogP contribution in [0.2, 0.25) is 0 Å². The molecule has 26 heavy (non-hydrogen) atoms. The molecule has 0 bridgehead atoms. The second kappa shape index (κ2) is 6.63. The van der Waals surface area contributed by atoms with E-state index in [-0.39, 0.29) is 11.7 Å². The molecule has 6 heteroatoms. The maximum absolute atomic E-state index is 12.0. The average Bonchev–Trinajstić information content (AvgIpc) is 3.38. The highest BCUT2D eigenvalue weighted by Gasteiger charge is 2.21. The van der Waals surface area contributed by atoms with Crippen molar-refractivity contribution in [2.45, 2.75) is 33.6 Å². The van der Waals surface area contributed by atoms with Crippen molar-refractivity contribution < 1.29 is 14.6 Å². The number of hydrogen-bond donors (Lipinski definition) is 2. The molecule has 0 aliphatic carbocycles. The number of carbonyl (C=O) groups excluding carboxylic acids is 1. The molecule has 6 nitrogen and oxygen atoms in total. The number of aromatic nitrogens is 3. The SMILES string of the molecule is C=COC(=O)c1ccc(C(C)C)c(-n2[nH]n2-c2cc(C)c(C)cc2O)c1. The average molecular weight is 353 g/mol. The maximum atomic E-state index is 12.0. The number of aryl methyl sites for hydroxylation is 2. The summed E-state index contributed by atoms with van der Waals surface area (Å²) in [4.78, 5) is 15.6. The number of rotatable bonds is 5. The smallest absolute Gasteiger partial charge is 0.342 e. The van der Waals surface area contributed by atoms with Crippen molar-refractivity contribution >= 4 is 5.97 Å². The van der Waals surface area contributed by atoms with Crippen molar-refractivity contribution in [1.29, 1.82) is 0 Å². The standard InChI is InChI=1S/C20H23N3O3/c1-6-26-20(25)15-7-8-16(12(2)3)17(11-15)22-21-23(22)18-9-13(4)14(5)10-19(18)24/h6-12,21,24H,1H2,2-5H3. The number of phenols is 1. The second-order valence-electron chi connectivity index (χ2n) is 6.65. The Bertz CT molecular complexity index is 973. The Morgan fingerprint density at radius 2 is 1.81 bits per heavy atom. The van der Waals surface area contributed by atoms with Crippen molar-refractivity contribution in [3.8, 4) is 17.1 Å². The van der Waals surface area contributed by atoms with Gasteiger partial charge in [0, 0.05) is 0 Å². The van der Waals surface area contributed by atoms with E-state index in [0.29, 0.717) is 11.3 Å². The number of nitrogens with one attached hydrogen (secondary N) is 1. The van der Waals surface area contributed by atoms with Crippen molar-refractivity contribution in [1.82, 2.24) is 14.8 Å². The number of ether oxygens (including phenoxy) is 1. The number of esters is 1. The van der Waals surface area contributed by atoms with Crippen LogP contribution in [0.1, 0.15) is 46.8 Å². The number of phenolic OH excluding ortho intramolecular Hbond substituents is 1. The lowest BCUT2D eigenvalue weighted by Crippen LogP contribution is -2.05. The minimum Gasteiger partial charge on any atom is -0.506 e. The number of benzene rings is 2. The predicted molar refractivity (Wildman–Crippen MR) is 100 cm³/mol. The number of nitrogens with zero attached hydrogens (tertiary/aromatic N) is 2. The molecule has 0 atom stereocenters. The van der Waals surface area contributed by atoms with Crippen molar-refractivity contribution in [2.24, 2.45) is 0 Å². The monoisotopic (exact) mass is 353 g/mol. The highest BCUT2D eigenvalue weighted by molar-refractivity contribution is 5.90. The molecule has 1 heterocycles. The van der Waals surface area contributed by atoms with Gasteiger partial charge in [0.2, 0.25) is 0 Å². The number of aromatic amines is 1. The number of aromatic hydroxyl groups is 1. The number of H-pyrrole nitrogens is 1. The Labute approximate surface area is 152 Å². The van der Waals surface area contributed by atoms with Gasteiger partial charge in [-0.25, -0.2) is 4.79 Å². The minimum absolute atomic E-state index is 0.191. The molecule has 0 aliphatic heterocycles. The Morgan fingerprint density at radius 1 is 1.15 bits per heavy atom. The minimum atomic E-state index is -0.459. The van der Waals surface area contributed by atoms with Crippen molar-refractivity contribution in [3.05, 3.63) is 65.4 Å². The third-order valence-corrected chi connectivity index (χ3v) is 4.48. The normalized spacial score (nSPS) is 11.1. The zero-order chi connectivity index (χ0) is 19.0. The van der Waals surface area contributed by atoms with Gasteiger partial charge < -0.3 is 9.84 Å². The van der Waals surface area contributed by atoms with Crippen molar-refractivity contribution in [2.75, 3.05) is 0 Å². The van der Waals surface area contributed by atoms with Crippen LogP contribution >= 0.6 is 0 Å². The van der Waals surface area contributed by atoms with Gasteiger partial charge in [0.05, 0.1) is 17.5 Å². The van der Waals surface area contributed by atoms with E-state index in [0.717, 1.165) is 28.6 Å². The van der Waals surface area contributed by atoms with Gasteiger partial charge in [0.25, 0.3) is 0 Å². The van der Waals surface area contributed by atoms with Gasteiger partial charge in [-0.15, -0.1) is 0 Å². The third-order valence-electron chi connectivity index (χ3n) is 4.48. The molecule has 0 fully saturated rings. The first-order valence-electron chi connectivity index (χ1n) is 8.46. The summed E-state index contributed by atoms with van der Waals surface area (Å²) in [5, 5.41) is 13.4. The molecular formula is C20H23N3O3. The van der Waals surface area contributed by atoms with E-state index in [1.807, 2.05) is 26.0 Å². The van der Waals surface area contributed by atoms with Gasteiger partial charge >= 0.3 is 5.97 Å². The van der Waals surface area contributed by atoms with Gasteiger partial charge in [0.1, 0.15) is 11.4 Å². The first kappa shape index (κ1) is 17.7. The molecule has 0 aliphatic rings. The molecule has 136 valence electrons. The number of hydrogen-bond acceptors (Lipinski definition) is 3. The van der Waals surface area contributed by atoms with E-state index in [4.69, 9.17) is 4.74 Å². The fourth-order valence-electron chi connectivity index (χ4n) is 2.83. The molecule has 0 unspecified atom stereocenters. The third kappa shape index (κ3) is 3.18. The summed E-state index contributed by atoms with van der Waals surface area (Å²) < 4.78 is 4.88. The van der Waals surface area contributed by atoms with E-state index >= 15 is 0 Å². The van der Waals surface area contributed by atoms with Crippen LogP contribution in [0.4, 0.5) is 0 Å². The Morgan fingerprint density at radius 3 is 2.46 bits per heavy atom. The van der Waals surface area contributed by atoms with Gasteiger partial charge in [0.15, 0.2) is 0 Å². The fraction of sp³-hybridized carbons (Fsp3) is 0.250. The molecule has 3 aromatic rings. The molecular weight excluding hydrogens is 330 g/mol. The molecule has 1 aromatic heterocycles. The van der Waals surface area contributed by atoms with Crippen LogP contribution in [0, 0.1) is 13.8 Å². The highest BCUT2D eigenvalue weighted by Crippen LogP contribution is 2.30. The van der Waals surface area contributed by atoms with Crippen LogP contribution in [0.25, 0.3) is 11.4 Å². The first-order chi connectivity index (χ1) is 12.3. The summed E-state index contributed by atoms with van der Waals surface area (Å²) >= 11 is 0. The molecule has 2 aromatic carbocycles. The Kier molecular flexibility index (Phi) is 4.50. The van der Waals surface area contributed by atoms with E-state index in [1.165, 1.54) is 0 Å². The molecule has 3 rings (SSSR count). The molecule has 0 saturated heterocycles. The van der Waals surface area contributed by atoms with Crippen LogP contribution in [0.5, 0.6) is 5.75 Å². The van der Waals surface area contributed by atoms with E-state index < -0.39 is 5.97 Å². The largest absolute Gasteiger partial charge is 0.506 e. The van der Waals surface area contributed by atoms with E-state index in [1.54, 1.807) is 27.8 Å². The molecule has 0 spiro atoms. The Hall–Kier alpha value is -3.15. The highest BCUT2D eigenvalue weighted by atomic mass is 16.5.